The van der Waals surface area contributed by atoms with Gasteiger partial charge in [0.2, 0.25) is 11.7 Å². The number of aryl methyl sites for hydroxylation is 1. The number of amides is 1. The highest BCUT2D eigenvalue weighted by molar-refractivity contribution is 5.75. The zero-order chi connectivity index (χ0) is 17.4. The lowest BCUT2D eigenvalue weighted by Gasteiger charge is -2.28. The van der Waals surface area contributed by atoms with Crippen LogP contribution < -0.4 is 5.32 Å². The molecule has 1 N–H and O–H groups in total. The van der Waals surface area contributed by atoms with E-state index in [1.165, 1.54) is 36.0 Å². The number of rotatable bonds is 5. The van der Waals surface area contributed by atoms with Gasteiger partial charge in [-0.25, -0.2) is 0 Å². The fraction of sp³-hybridized carbons (Fsp3) is 0.579. The van der Waals surface area contributed by atoms with Gasteiger partial charge >= 0.3 is 0 Å². The minimum atomic E-state index is -0.0388. The molecule has 6 heteroatoms. The molecule has 2 aromatic rings. The predicted octanol–water partition coefficient (Wildman–Crippen LogP) is 2.59. The summed E-state index contributed by atoms with van der Waals surface area (Å²) in [7, 11) is 0. The van der Waals surface area contributed by atoms with Crippen LogP contribution in [0.15, 0.2) is 24.3 Å². The molecule has 4 unspecified atom stereocenters. The molecule has 2 aliphatic rings. The summed E-state index contributed by atoms with van der Waals surface area (Å²) >= 11 is 0. The maximum Gasteiger partial charge on any atom is 0.243 e. The zero-order valence-electron chi connectivity index (χ0n) is 14.9. The molecular formula is C19H25N5O. The van der Waals surface area contributed by atoms with E-state index in [1.54, 1.807) is 0 Å². The molecule has 0 radical (unpaired) electrons. The van der Waals surface area contributed by atoms with Gasteiger partial charge in [0.05, 0.1) is 0 Å². The fourth-order valence-corrected chi connectivity index (χ4v) is 4.57. The molecule has 4 atom stereocenters. The predicted molar refractivity (Wildman–Crippen MR) is 94.5 cm³/mol. The highest BCUT2D eigenvalue weighted by Crippen LogP contribution is 2.49. The summed E-state index contributed by atoms with van der Waals surface area (Å²) < 4.78 is 0. The number of hydrogen-bond acceptors (Lipinski definition) is 4. The molecule has 2 bridgehead atoms. The molecule has 1 aromatic carbocycles. The maximum absolute atomic E-state index is 12.3. The highest BCUT2D eigenvalue weighted by Gasteiger charge is 2.42. The van der Waals surface area contributed by atoms with Crippen molar-refractivity contribution < 1.29 is 4.79 Å². The van der Waals surface area contributed by atoms with E-state index in [2.05, 4.69) is 27.7 Å². The first-order chi connectivity index (χ1) is 12.1. The molecule has 1 heterocycles. The Morgan fingerprint density at radius 3 is 2.76 bits per heavy atom. The largest absolute Gasteiger partial charge is 0.352 e. The lowest BCUT2D eigenvalue weighted by molar-refractivity contribution is -0.123. The summed E-state index contributed by atoms with van der Waals surface area (Å²) in [6, 6.07) is 8.18. The van der Waals surface area contributed by atoms with Crippen LogP contribution in [0.5, 0.6) is 0 Å². The molecule has 1 aromatic heterocycles. The van der Waals surface area contributed by atoms with E-state index in [0.717, 1.165) is 17.4 Å². The Labute approximate surface area is 148 Å². The third kappa shape index (κ3) is 3.43. The molecule has 1 amide bonds. The van der Waals surface area contributed by atoms with Crippen LogP contribution in [0, 0.1) is 24.7 Å². The van der Waals surface area contributed by atoms with E-state index >= 15 is 0 Å². The van der Waals surface area contributed by atoms with Gasteiger partial charge in [0.1, 0.15) is 6.54 Å². The molecule has 132 valence electrons. The van der Waals surface area contributed by atoms with Crippen LogP contribution in [0.4, 0.5) is 0 Å². The minimum absolute atomic E-state index is 0.0388. The monoisotopic (exact) mass is 339 g/mol. The smallest absolute Gasteiger partial charge is 0.243 e. The molecule has 2 fully saturated rings. The van der Waals surface area contributed by atoms with Crippen molar-refractivity contribution in [2.24, 2.45) is 17.8 Å². The molecule has 2 aliphatic carbocycles. The van der Waals surface area contributed by atoms with E-state index in [9.17, 15) is 4.79 Å². The second-order valence-electron chi connectivity index (χ2n) is 7.70. The van der Waals surface area contributed by atoms with Crippen molar-refractivity contribution in [3.8, 4) is 11.4 Å². The summed E-state index contributed by atoms with van der Waals surface area (Å²) in [6.07, 6.45) is 5.34. The number of fused-ring (bicyclic) bond motifs is 2. The van der Waals surface area contributed by atoms with Crippen molar-refractivity contribution in [2.45, 2.75) is 52.1 Å². The van der Waals surface area contributed by atoms with Gasteiger partial charge in [-0.2, -0.15) is 4.80 Å². The second kappa shape index (κ2) is 6.58. The van der Waals surface area contributed by atoms with Gasteiger partial charge in [0.15, 0.2) is 0 Å². The number of aromatic nitrogens is 4. The van der Waals surface area contributed by atoms with E-state index in [1.807, 2.05) is 31.2 Å². The molecular weight excluding hydrogens is 314 g/mol. The number of nitrogens with zero attached hydrogens (tertiary/aromatic N) is 4. The van der Waals surface area contributed by atoms with Crippen LogP contribution >= 0.6 is 0 Å². The van der Waals surface area contributed by atoms with Crippen LogP contribution in [-0.2, 0) is 11.3 Å². The Morgan fingerprint density at radius 1 is 1.28 bits per heavy atom. The van der Waals surface area contributed by atoms with Crippen LogP contribution in [-0.4, -0.2) is 32.2 Å². The lowest BCUT2D eigenvalue weighted by Crippen LogP contribution is -2.41. The first-order valence-electron chi connectivity index (χ1n) is 9.22. The zero-order valence-corrected chi connectivity index (χ0v) is 14.9. The van der Waals surface area contributed by atoms with Crippen molar-refractivity contribution in [3.05, 3.63) is 29.8 Å². The van der Waals surface area contributed by atoms with Crippen molar-refractivity contribution in [2.75, 3.05) is 0 Å². The minimum Gasteiger partial charge on any atom is -0.352 e. The quantitative estimate of drug-likeness (QED) is 0.909. The Bertz CT molecular complexity index is 753. The average molecular weight is 339 g/mol. The molecule has 0 spiro atoms. The standard InChI is InChI=1S/C19H25N5O/c1-12-3-6-15(7-4-12)19-21-23-24(22-19)11-18(25)20-13(2)17-10-14-5-8-16(17)9-14/h3-4,6-7,13-14,16-17H,5,8-11H2,1-2H3,(H,20,25). The molecule has 4 rings (SSSR count). The maximum atomic E-state index is 12.3. The fourth-order valence-electron chi connectivity index (χ4n) is 4.57. The third-order valence-corrected chi connectivity index (χ3v) is 5.87. The summed E-state index contributed by atoms with van der Waals surface area (Å²) in [4.78, 5) is 13.7. The topological polar surface area (TPSA) is 72.7 Å². The van der Waals surface area contributed by atoms with Crippen LogP contribution in [0.3, 0.4) is 0 Å². The van der Waals surface area contributed by atoms with Gasteiger partial charge in [-0.15, -0.1) is 10.2 Å². The van der Waals surface area contributed by atoms with Gasteiger partial charge in [0, 0.05) is 11.6 Å². The molecule has 0 saturated heterocycles. The van der Waals surface area contributed by atoms with Crippen LogP contribution in [0.1, 0.15) is 38.2 Å². The molecule has 0 aliphatic heterocycles. The molecule has 6 nitrogen and oxygen atoms in total. The number of tetrazole rings is 1. The first kappa shape index (κ1) is 16.2. The van der Waals surface area contributed by atoms with Crippen molar-refractivity contribution >= 4 is 5.91 Å². The third-order valence-electron chi connectivity index (χ3n) is 5.87. The Hall–Kier alpha value is -2.24. The van der Waals surface area contributed by atoms with Crippen LogP contribution in [0.2, 0.25) is 0 Å². The number of carbonyl (C=O) groups excluding carboxylic acids is 1. The van der Waals surface area contributed by atoms with Crippen molar-refractivity contribution in [1.29, 1.82) is 0 Å². The van der Waals surface area contributed by atoms with Gasteiger partial charge in [-0.3, -0.25) is 4.79 Å². The van der Waals surface area contributed by atoms with Crippen molar-refractivity contribution in [1.82, 2.24) is 25.5 Å². The van der Waals surface area contributed by atoms with E-state index in [-0.39, 0.29) is 18.5 Å². The Kier molecular flexibility index (Phi) is 4.27. The first-order valence-corrected chi connectivity index (χ1v) is 9.22. The van der Waals surface area contributed by atoms with E-state index in [0.29, 0.717) is 11.7 Å². The Balaban J connectivity index is 1.34. The SMILES string of the molecule is Cc1ccc(-c2nnn(CC(=O)NC(C)C3CC4CCC3C4)n2)cc1. The summed E-state index contributed by atoms with van der Waals surface area (Å²) in [5, 5.41) is 15.5. The van der Waals surface area contributed by atoms with E-state index in [4.69, 9.17) is 0 Å². The summed E-state index contributed by atoms with van der Waals surface area (Å²) in [5.74, 6) is 2.84. The van der Waals surface area contributed by atoms with Gasteiger partial charge in [0.25, 0.3) is 0 Å². The summed E-state index contributed by atoms with van der Waals surface area (Å²) in [5.41, 5.74) is 2.10. The van der Waals surface area contributed by atoms with Gasteiger partial charge in [-0.1, -0.05) is 36.2 Å². The van der Waals surface area contributed by atoms with Crippen LogP contribution in [0.25, 0.3) is 11.4 Å². The Morgan fingerprint density at radius 2 is 2.08 bits per heavy atom. The average Bonchev–Trinajstić information content (AvgIpc) is 3.32. The number of hydrogen-bond donors (Lipinski definition) is 1. The van der Waals surface area contributed by atoms with E-state index < -0.39 is 0 Å². The number of nitrogens with one attached hydrogen (secondary N) is 1. The molecule has 25 heavy (non-hydrogen) atoms. The van der Waals surface area contributed by atoms with Gasteiger partial charge in [-0.05, 0) is 56.1 Å². The lowest BCUT2D eigenvalue weighted by atomic mass is 9.84. The number of carbonyl (C=O) groups is 1. The highest BCUT2D eigenvalue weighted by atomic mass is 16.2. The van der Waals surface area contributed by atoms with Gasteiger partial charge < -0.3 is 5.32 Å². The number of benzene rings is 1. The summed E-state index contributed by atoms with van der Waals surface area (Å²) in [6.45, 7) is 4.29. The normalized spacial score (nSPS) is 25.9. The second-order valence-corrected chi connectivity index (χ2v) is 7.70. The molecule has 2 saturated carbocycles. The van der Waals surface area contributed by atoms with Crippen molar-refractivity contribution in [3.63, 3.8) is 0 Å².